The van der Waals surface area contributed by atoms with Gasteiger partial charge >= 0.3 is 0 Å². The third kappa shape index (κ3) is 4.35. The van der Waals surface area contributed by atoms with Gasteiger partial charge < -0.3 is 10.6 Å². The van der Waals surface area contributed by atoms with Crippen molar-refractivity contribution in [1.29, 1.82) is 0 Å². The number of rotatable bonds is 7. The van der Waals surface area contributed by atoms with Crippen LogP contribution in [0.1, 0.15) is 20.3 Å². The molecule has 0 bridgehead atoms. The third-order valence-corrected chi connectivity index (χ3v) is 3.82. The van der Waals surface area contributed by atoms with Crippen molar-refractivity contribution < 1.29 is 0 Å². The van der Waals surface area contributed by atoms with Crippen LogP contribution in [-0.4, -0.2) is 34.6 Å². The molecule has 0 amide bonds. The maximum atomic E-state index is 4.27. The maximum absolute atomic E-state index is 4.27. The smallest absolute Gasteiger partial charge is 0.146 e. The molecule has 1 aromatic heterocycles. The first-order valence-electron chi connectivity index (χ1n) is 5.72. The van der Waals surface area contributed by atoms with Gasteiger partial charge in [0.2, 0.25) is 0 Å². The summed E-state index contributed by atoms with van der Waals surface area (Å²) in [6.07, 6.45) is 4.77. The van der Waals surface area contributed by atoms with Crippen LogP contribution in [0.2, 0.25) is 0 Å². The van der Waals surface area contributed by atoms with Gasteiger partial charge in [0.25, 0.3) is 0 Å². The molecule has 0 fully saturated rings. The van der Waals surface area contributed by atoms with Crippen LogP contribution < -0.4 is 10.6 Å². The predicted octanol–water partition coefficient (Wildman–Crippen LogP) is 3.22. The first kappa shape index (κ1) is 14.6. The van der Waals surface area contributed by atoms with Crippen molar-refractivity contribution in [3.8, 4) is 0 Å². The number of anilines is 2. The molecule has 0 aliphatic rings. The average Bonchev–Trinajstić information content (AvgIpc) is 2.33. The van der Waals surface area contributed by atoms with Crippen LogP contribution in [-0.2, 0) is 0 Å². The summed E-state index contributed by atoms with van der Waals surface area (Å²) in [4.78, 5) is 8.47. The topological polar surface area (TPSA) is 49.8 Å². The summed E-state index contributed by atoms with van der Waals surface area (Å²) in [6, 6.07) is 0.436. The molecule has 1 unspecified atom stereocenters. The standard InChI is InChI=1S/C11H19BrN4S/c1-4-8(6-17-3)16-11-9(12)10(13-5-2)14-7-15-11/h7-8H,4-6H2,1-3H3,(H2,13,14,15,16). The van der Waals surface area contributed by atoms with Gasteiger partial charge in [-0.05, 0) is 35.5 Å². The highest BCUT2D eigenvalue weighted by molar-refractivity contribution is 9.10. The average molecular weight is 319 g/mol. The highest BCUT2D eigenvalue weighted by atomic mass is 79.9. The zero-order valence-corrected chi connectivity index (χ0v) is 12.9. The van der Waals surface area contributed by atoms with Crippen molar-refractivity contribution in [2.75, 3.05) is 29.2 Å². The molecule has 1 atom stereocenters. The fourth-order valence-corrected chi connectivity index (χ4v) is 2.60. The van der Waals surface area contributed by atoms with E-state index in [0.717, 1.165) is 34.8 Å². The highest BCUT2D eigenvalue weighted by Crippen LogP contribution is 2.27. The van der Waals surface area contributed by atoms with Gasteiger partial charge in [-0.3, -0.25) is 0 Å². The minimum absolute atomic E-state index is 0.436. The van der Waals surface area contributed by atoms with Crippen LogP contribution >= 0.6 is 27.7 Å². The lowest BCUT2D eigenvalue weighted by atomic mass is 10.2. The maximum Gasteiger partial charge on any atom is 0.146 e. The summed E-state index contributed by atoms with van der Waals surface area (Å²) in [5.74, 6) is 2.77. The van der Waals surface area contributed by atoms with Crippen molar-refractivity contribution in [2.24, 2.45) is 0 Å². The van der Waals surface area contributed by atoms with Gasteiger partial charge in [0, 0.05) is 18.3 Å². The summed E-state index contributed by atoms with van der Waals surface area (Å²) < 4.78 is 0.904. The van der Waals surface area contributed by atoms with E-state index in [0.29, 0.717) is 6.04 Å². The largest absolute Gasteiger partial charge is 0.369 e. The van der Waals surface area contributed by atoms with E-state index >= 15 is 0 Å². The summed E-state index contributed by atoms with van der Waals surface area (Å²) in [5.41, 5.74) is 0. The van der Waals surface area contributed by atoms with Gasteiger partial charge in [0.15, 0.2) is 0 Å². The van der Waals surface area contributed by atoms with E-state index in [1.54, 1.807) is 6.33 Å². The van der Waals surface area contributed by atoms with Crippen molar-refractivity contribution in [3.63, 3.8) is 0 Å². The van der Waals surface area contributed by atoms with Crippen LogP contribution in [0.25, 0.3) is 0 Å². The molecular formula is C11H19BrN4S. The molecule has 17 heavy (non-hydrogen) atoms. The Morgan fingerprint density at radius 3 is 2.65 bits per heavy atom. The number of nitrogens with zero attached hydrogens (tertiary/aromatic N) is 2. The van der Waals surface area contributed by atoms with Crippen LogP contribution in [0.4, 0.5) is 11.6 Å². The van der Waals surface area contributed by atoms with E-state index in [1.807, 2.05) is 18.7 Å². The van der Waals surface area contributed by atoms with Gasteiger partial charge in [-0.1, -0.05) is 6.92 Å². The van der Waals surface area contributed by atoms with Gasteiger partial charge in [-0.2, -0.15) is 11.8 Å². The van der Waals surface area contributed by atoms with Crippen LogP contribution in [0.5, 0.6) is 0 Å². The molecule has 6 heteroatoms. The van der Waals surface area contributed by atoms with E-state index in [2.05, 4.69) is 49.7 Å². The fraction of sp³-hybridized carbons (Fsp3) is 0.636. The lowest BCUT2D eigenvalue weighted by Gasteiger charge is -2.18. The summed E-state index contributed by atoms with van der Waals surface area (Å²) >= 11 is 5.37. The second-order valence-corrected chi connectivity index (χ2v) is 5.32. The minimum Gasteiger partial charge on any atom is -0.369 e. The third-order valence-electron chi connectivity index (χ3n) is 2.34. The molecule has 0 radical (unpaired) electrons. The number of halogens is 1. The van der Waals surface area contributed by atoms with Gasteiger partial charge in [0.1, 0.15) is 22.4 Å². The Balaban J connectivity index is 2.79. The normalized spacial score (nSPS) is 12.2. The fourth-order valence-electron chi connectivity index (χ4n) is 1.42. The van der Waals surface area contributed by atoms with Gasteiger partial charge in [0.05, 0.1) is 0 Å². The zero-order valence-electron chi connectivity index (χ0n) is 10.5. The second-order valence-electron chi connectivity index (χ2n) is 3.62. The van der Waals surface area contributed by atoms with Crippen molar-refractivity contribution in [1.82, 2.24) is 9.97 Å². The quantitative estimate of drug-likeness (QED) is 0.808. The molecule has 0 aliphatic carbocycles. The van der Waals surface area contributed by atoms with Gasteiger partial charge in [-0.15, -0.1) is 0 Å². The lowest BCUT2D eigenvalue weighted by molar-refractivity contribution is 0.768. The molecule has 96 valence electrons. The van der Waals surface area contributed by atoms with E-state index in [1.165, 1.54) is 0 Å². The molecule has 0 aromatic carbocycles. The second kappa shape index (κ2) is 7.76. The Bertz CT molecular complexity index is 348. The van der Waals surface area contributed by atoms with Crippen molar-refractivity contribution in [2.45, 2.75) is 26.3 Å². The minimum atomic E-state index is 0.436. The van der Waals surface area contributed by atoms with E-state index in [-0.39, 0.29) is 0 Å². The SMILES string of the molecule is CCNc1ncnc(NC(CC)CSC)c1Br. The zero-order chi connectivity index (χ0) is 12.7. The Morgan fingerprint density at radius 1 is 1.35 bits per heavy atom. The molecule has 1 aromatic rings. The highest BCUT2D eigenvalue weighted by Gasteiger charge is 2.11. The number of hydrogen-bond donors (Lipinski definition) is 2. The predicted molar refractivity (Wildman–Crippen MR) is 80.0 cm³/mol. The van der Waals surface area contributed by atoms with Crippen molar-refractivity contribution >= 4 is 39.3 Å². The van der Waals surface area contributed by atoms with Crippen molar-refractivity contribution in [3.05, 3.63) is 10.8 Å². The van der Waals surface area contributed by atoms with Crippen LogP contribution in [0, 0.1) is 0 Å². The molecule has 4 nitrogen and oxygen atoms in total. The first-order valence-corrected chi connectivity index (χ1v) is 7.91. The Hall–Kier alpha value is -0.490. The van der Waals surface area contributed by atoms with Crippen LogP contribution in [0.15, 0.2) is 10.8 Å². The molecule has 1 heterocycles. The van der Waals surface area contributed by atoms with Crippen LogP contribution in [0.3, 0.4) is 0 Å². The van der Waals surface area contributed by atoms with E-state index in [9.17, 15) is 0 Å². The molecule has 0 saturated heterocycles. The molecule has 0 saturated carbocycles. The van der Waals surface area contributed by atoms with Gasteiger partial charge in [-0.25, -0.2) is 9.97 Å². The summed E-state index contributed by atoms with van der Waals surface area (Å²) in [7, 11) is 0. The first-order chi connectivity index (χ1) is 8.22. The molecule has 2 N–H and O–H groups in total. The Labute approximate surface area is 116 Å². The molecule has 1 rings (SSSR count). The summed E-state index contributed by atoms with van der Waals surface area (Å²) in [5, 5.41) is 6.63. The monoisotopic (exact) mass is 318 g/mol. The number of aromatic nitrogens is 2. The Kier molecular flexibility index (Phi) is 6.65. The molecule has 0 spiro atoms. The lowest BCUT2D eigenvalue weighted by Crippen LogP contribution is -2.22. The number of hydrogen-bond acceptors (Lipinski definition) is 5. The Morgan fingerprint density at radius 2 is 2.06 bits per heavy atom. The number of nitrogens with one attached hydrogen (secondary N) is 2. The van der Waals surface area contributed by atoms with E-state index in [4.69, 9.17) is 0 Å². The number of thioether (sulfide) groups is 1. The molecule has 0 aliphatic heterocycles. The molecular weight excluding hydrogens is 300 g/mol. The van der Waals surface area contributed by atoms with E-state index < -0.39 is 0 Å². The summed E-state index contributed by atoms with van der Waals surface area (Å²) in [6.45, 7) is 5.06.